The van der Waals surface area contributed by atoms with Crippen LogP contribution in [0.5, 0.6) is 5.75 Å². The molecule has 1 N–H and O–H groups in total. The fraction of sp³-hybridized carbons (Fsp3) is 0.303. The Labute approximate surface area is 284 Å². The third kappa shape index (κ3) is 5.48. The van der Waals surface area contributed by atoms with Gasteiger partial charge in [0.1, 0.15) is 22.3 Å². The van der Waals surface area contributed by atoms with Gasteiger partial charge in [-0.1, -0.05) is 55.2 Å². The highest BCUT2D eigenvalue weighted by Crippen LogP contribution is 2.46. The highest BCUT2D eigenvalue weighted by atomic mass is 35.5. The summed E-state index contributed by atoms with van der Waals surface area (Å²) in [6.07, 6.45) is 2.83. The number of phenolic OH excluding ortho intramolecular Hbond substituents is 1. The van der Waals surface area contributed by atoms with E-state index in [1.807, 2.05) is 32.6 Å². The molecule has 4 heterocycles. The number of carbonyl (C=O) groups is 1. The molecule has 1 aliphatic rings. The first-order valence-corrected chi connectivity index (χ1v) is 15.7. The molecule has 2 atom stereocenters. The number of aromatic hydroxyl groups is 1. The molecule has 47 heavy (non-hydrogen) atoms. The number of halogens is 5. The Kier molecular flexibility index (Phi) is 9.25. The van der Waals surface area contributed by atoms with Gasteiger partial charge in [-0.15, -0.1) is 0 Å². The Morgan fingerprint density at radius 2 is 1.79 bits per heavy atom. The number of hydrogen-bond donors (Lipinski definition) is 1. The number of benzene rings is 1. The first kappa shape index (κ1) is 34.1. The number of phenols is 1. The van der Waals surface area contributed by atoms with Crippen LogP contribution in [0.1, 0.15) is 50.4 Å². The van der Waals surface area contributed by atoms with Gasteiger partial charge in [0.15, 0.2) is 17.4 Å². The average molecular weight is 702 g/mol. The quantitative estimate of drug-likeness (QED) is 0.132. The maximum absolute atomic E-state index is 15.6. The van der Waals surface area contributed by atoms with Crippen molar-refractivity contribution in [1.29, 1.82) is 5.26 Å². The molecule has 5 rings (SSSR count). The zero-order valence-corrected chi connectivity index (χ0v) is 28.3. The van der Waals surface area contributed by atoms with Gasteiger partial charge in [0.25, 0.3) is 5.56 Å². The molecule has 0 bridgehead atoms. The van der Waals surface area contributed by atoms with Crippen molar-refractivity contribution in [3.63, 3.8) is 0 Å². The lowest BCUT2D eigenvalue weighted by Crippen LogP contribution is -2.58. The summed E-state index contributed by atoms with van der Waals surface area (Å²) in [5.74, 6) is -4.33. The van der Waals surface area contributed by atoms with Crippen LogP contribution in [0, 0.1) is 29.9 Å². The monoisotopic (exact) mass is 700 g/mol. The lowest BCUT2D eigenvalue weighted by Gasteiger charge is -2.45. The number of aryl methyl sites for hydroxylation is 1. The number of amides is 1. The summed E-state index contributed by atoms with van der Waals surface area (Å²) in [5, 5.41) is 19.1. The van der Waals surface area contributed by atoms with Crippen molar-refractivity contribution in [1.82, 2.24) is 19.4 Å². The van der Waals surface area contributed by atoms with Crippen LogP contribution in [0.3, 0.4) is 0 Å². The van der Waals surface area contributed by atoms with E-state index in [1.165, 1.54) is 16.7 Å². The Bertz CT molecular complexity index is 2050. The second-order valence-corrected chi connectivity index (χ2v) is 12.9. The molecule has 1 saturated heterocycles. The molecule has 0 saturated carbocycles. The van der Waals surface area contributed by atoms with Gasteiger partial charge in [-0.3, -0.25) is 19.1 Å². The van der Waals surface area contributed by atoms with Gasteiger partial charge in [0.2, 0.25) is 5.91 Å². The molecule has 1 aliphatic heterocycles. The lowest BCUT2D eigenvalue weighted by atomic mass is 10.0. The van der Waals surface area contributed by atoms with Crippen molar-refractivity contribution in [3.8, 4) is 28.8 Å². The molecule has 9 nitrogen and oxygen atoms in total. The molecular weight excluding hydrogens is 673 g/mol. The molecule has 3 aromatic heterocycles. The van der Waals surface area contributed by atoms with Crippen LogP contribution in [-0.2, 0) is 4.79 Å². The predicted molar refractivity (Wildman–Crippen MR) is 179 cm³/mol. The molecule has 4 aromatic rings. The van der Waals surface area contributed by atoms with Gasteiger partial charge in [-0.25, -0.2) is 13.8 Å². The minimum atomic E-state index is -1.46. The second-order valence-electron chi connectivity index (χ2n) is 11.7. The number of fused-ring (bicyclic) bond motifs is 1. The normalized spacial score (nSPS) is 16.6. The first-order chi connectivity index (χ1) is 22.2. The fourth-order valence-electron chi connectivity index (χ4n) is 6.24. The van der Waals surface area contributed by atoms with Crippen LogP contribution in [0.2, 0.25) is 15.1 Å². The van der Waals surface area contributed by atoms with Crippen molar-refractivity contribution in [2.45, 2.75) is 52.6 Å². The number of anilines is 1. The van der Waals surface area contributed by atoms with E-state index in [1.54, 1.807) is 24.1 Å². The van der Waals surface area contributed by atoms with Crippen molar-refractivity contribution >= 4 is 57.4 Å². The third-order valence-electron chi connectivity index (χ3n) is 8.25. The SMILES string of the molecule is C=CC(=O)N1[C@H](C)CN(c2c(C#N)c(=O)n(-c3c(C)ccnc3C(C)C)c3nc(-c4c(F)c(Cl)c(F)c(O)c4Cl)c(Cl)cc23)C[C@@H]1C. The van der Waals surface area contributed by atoms with Gasteiger partial charge in [-0.05, 0) is 50.5 Å². The van der Waals surface area contributed by atoms with E-state index in [4.69, 9.17) is 34.8 Å². The molecule has 0 unspecified atom stereocenters. The summed E-state index contributed by atoms with van der Waals surface area (Å²) >= 11 is 18.9. The standard InChI is InChI=1S/C33H29Cl3F2N6O3/c1-7-21(45)43-16(5)12-42(13-17(43)6)30-18-10-20(34)28(22-23(35)31(46)26(38)24(36)25(22)37)41-32(18)44(33(47)19(30)11-39)29-15(4)8-9-40-27(29)14(2)3/h7-10,14,16-17,46H,1,12-13H2,2-6H3/t16-,17+. The Balaban J connectivity index is 1.95. The summed E-state index contributed by atoms with van der Waals surface area (Å²) in [7, 11) is 0. The van der Waals surface area contributed by atoms with Gasteiger partial charge in [-0.2, -0.15) is 5.26 Å². The van der Waals surface area contributed by atoms with E-state index >= 15 is 4.39 Å². The van der Waals surface area contributed by atoms with Crippen LogP contribution >= 0.6 is 34.8 Å². The van der Waals surface area contributed by atoms with Crippen LogP contribution in [-0.4, -0.2) is 55.6 Å². The minimum absolute atomic E-state index is 0.0401. The van der Waals surface area contributed by atoms with E-state index in [0.717, 1.165) is 0 Å². The summed E-state index contributed by atoms with van der Waals surface area (Å²) in [4.78, 5) is 39.8. The van der Waals surface area contributed by atoms with E-state index in [2.05, 4.69) is 22.6 Å². The number of hydrogen-bond acceptors (Lipinski definition) is 7. The third-order valence-corrected chi connectivity index (χ3v) is 9.24. The number of carbonyl (C=O) groups excluding carboxylic acids is 1. The number of nitrogens with zero attached hydrogens (tertiary/aromatic N) is 6. The summed E-state index contributed by atoms with van der Waals surface area (Å²) in [6.45, 7) is 13.3. The number of pyridine rings is 3. The molecule has 0 spiro atoms. The van der Waals surface area contributed by atoms with E-state index in [9.17, 15) is 24.3 Å². The number of nitriles is 1. The highest BCUT2D eigenvalue weighted by Gasteiger charge is 2.36. The summed E-state index contributed by atoms with van der Waals surface area (Å²) in [5.41, 5.74) is -0.176. The maximum Gasteiger partial charge on any atom is 0.276 e. The summed E-state index contributed by atoms with van der Waals surface area (Å²) < 4.78 is 31.2. The molecule has 0 radical (unpaired) electrons. The number of rotatable bonds is 5. The smallest absolute Gasteiger partial charge is 0.276 e. The Morgan fingerprint density at radius 3 is 2.36 bits per heavy atom. The summed E-state index contributed by atoms with van der Waals surface area (Å²) in [6, 6.07) is 4.49. The first-order valence-electron chi connectivity index (χ1n) is 14.6. The topological polar surface area (TPSA) is 115 Å². The number of aromatic nitrogens is 3. The molecular formula is C33H29Cl3F2N6O3. The highest BCUT2D eigenvalue weighted by molar-refractivity contribution is 6.39. The fourth-order valence-corrected chi connectivity index (χ4v) is 6.92. The predicted octanol–water partition coefficient (Wildman–Crippen LogP) is 7.31. The minimum Gasteiger partial charge on any atom is -0.504 e. The molecule has 0 aliphatic carbocycles. The second kappa shape index (κ2) is 12.8. The molecule has 1 fully saturated rings. The van der Waals surface area contributed by atoms with Crippen LogP contribution in [0.15, 0.2) is 35.8 Å². The van der Waals surface area contributed by atoms with Gasteiger partial charge >= 0.3 is 0 Å². The molecule has 1 amide bonds. The molecule has 244 valence electrons. The van der Waals surface area contributed by atoms with Crippen molar-refractivity contribution < 1.29 is 18.7 Å². The van der Waals surface area contributed by atoms with Crippen LogP contribution in [0.4, 0.5) is 14.5 Å². The maximum atomic E-state index is 15.6. The number of piperazine rings is 1. The van der Waals surface area contributed by atoms with Gasteiger partial charge in [0.05, 0.1) is 38.4 Å². The molecule has 1 aromatic carbocycles. The van der Waals surface area contributed by atoms with E-state index in [-0.39, 0.29) is 70.0 Å². The van der Waals surface area contributed by atoms with Crippen molar-refractivity contribution in [3.05, 3.63) is 84.9 Å². The van der Waals surface area contributed by atoms with E-state index < -0.39 is 38.6 Å². The van der Waals surface area contributed by atoms with E-state index in [0.29, 0.717) is 16.9 Å². The van der Waals surface area contributed by atoms with Crippen LogP contribution < -0.4 is 10.5 Å². The average Bonchev–Trinajstić information content (AvgIpc) is 3.02. The largest absolute Gasteiger partial charge is 0.504 e. The molecule has 14 heteroatoms. The van der Waals surface area contributed by atoms with Gasteiger partial charge in [0, 0.05) is 36.8 Å². The van der Waals surface area contributed by atoms with Crippen LogP contribution in [0.25, 0.3) is 28.0 Å². The zero-order valence-electron chi connectivity index (χ0n) is 26.0. The Morgan fingerprint density at radius 1 is 1.15 bits per heavy atom. The van der Waals surface area contributed by atoms with Gasteiger partial charge < -0.3 is 14.9 Å². The zero-order chi connectivity index (χ0) is 34.6. The lowest BCUT2D eigenvalue weighted by molar-refractivity contribution is -0.130. The van der Waals surface area contributed by atoms with Crippen molar-refractivity contribution in [2.75, 3.05) is 18.0 Å². The van der Waals surface area contributed by atoms with Crippen molar-refractivity contribution in [2.24, 2.45) is 0 Å². The Hall–Kier alpha value is -4.24.